The van der Waals surface area contributed by atoms with Crippen molar-refractivity contribution in [1.82, 2.24) is 29.3 Å². The van der Waals surface area contributed by atoms with Crippen molar-refractivity contribution in [1.29, 1.82) is 0 Å². The highest BCUT2D eigenvalue weighted by molar-refractivity contribution is 7.89. The Morgan fingerprint density at radius 3 is 2.65 bits per heavy atom. The van der Waals surface area contributed by atoms with Crippen molar-refractivity contribution in [3.05, 3.63) is 47.9 Å². The number of rotatable bonds is 6. The van der Waals surface area contributed by atoms with Crippen LogP contribution in [-0.4, -0.2) is 45.6 Å². The average molecular weight is 576 g/mol. The van der Waals surface area contributed by atoms with E-state index >= 15 is 0 Å². The maximum Gasteiger partial charge on any atom is 0.436 e. The number of fused-ring (bicyclic) bond motifs is 2. The van der Waals surface area contributed by atoms with Gasteiger partial charge in [0.15, 0.2) is 11.4 Å². The van der Waals surface area contributed by atoms with E-state index in [1.807, 2.05) is 23.7 Å². The maximum absolute atomic E-state index is 13.5. The number of ether oxygens (including phenoxy) is 1. The number of benzene rings is 1. The Bertz CT molecular complexity index is 1690. The van der Waals surface area contributed by atoms with E-state index in [0.717, 1.165) is 27.3 Å². The van der Waals surface area contributed by atoms with Crippen molar-refractivity contribution in [2.45, 2.75) is 62.4 Å². The summed E-state index contributed by atoms with van der Waals surface area (Å²) in [5.41, 5.74) is 2.15. The fourth-order valence-electron chi connectivity index (χ4n) is 5.59. The zero-order valence-corrected chi connectivity index (χ0v) is 22.7. The molecule has 0 saturated heterocycles. The lowest BCUT2D eigenvalue weighted by Crippen LogP contribution is -2.27. The largest absolute Gasteiger partial charge is 0.486 e. The quantitative estimate of drug-likeness (QED) is 0.344. The monoisotopic (exact) mass is 575 g/mol. The number of sulfonamides is 1. The van der Waals surface area contributed by atoms with Crippen LogP contribution in [0.2, 0.25) is 0 Å². The summed E-state index contributed by atoms with van der Waals surface area (Å²) in [5.74, 6) is 0.458. The number of hydrogen-bond donors (Lipinski definition) is 2. The van der Waals surface area contributed by atoms with E-state index in [1.165, 1.54) is 7.05 Å². The van der Waals surface area contributed by atoms with Gasteiger partial charge in [-0.25, -0.2) is 18.1 Å². The van der Waals surface area contributed by atoms with Gasteiger partial charge in [-0.3, -0.25) is 9.36 Å². The van der Waals surface area contributed by atoms with Crippen molar-refractivity contribution in [3.63, 3.8) is 0 Å². The van der Waals surface area contributed by atoms with Gasteiger partial charge in [0.25, 0.3) is 0 Å². The summed E-state index contributed by atoms with van der Waals surface area (Å²) in [5, 5.41) is 12.8. The Balaban J connectivity index is 1.29. The van der Waals surface area contributed by atoms with E-state index in [9.17, 15) is 21.6 Å². The smallest absolute Gasteiger partial charge is 0.436 e. The second kappa shape index (κ2) is 9.77. The van der Waals surface area contributed by atoms with E-state index in [1.54, 1.807) is 18.3 Å². The van der Waals surface area contributed by atoms with Crippen molar-refractivity contribution >= 4 is 26.7 Å². The molecular formula is C26H28F3N7O3S. The predicted molar refractivity (Wildman–Crippen MR) is 141 cm³/mol. The number of aromatic nitrogens is 5. The summed E-state index contributed by atoms with van der Waals surface area (Å²) in [6.07, 6.45) is 0.397. The summed E-state index contributed by atoms with van der Waals surface area (Å²) in [6, 6.07) is 7.14. The summed E-state index contributed by atoms with van der Waals surface area (Å²) < 4.78 is 75.9. The molecule has 3 aromatic heterocycles. The van der Waals surface area contributed by atoms with Gasteiger partial charge in [0.05, 0.1) is 28.8 Å². The van der Waals surface area contributed by atoms with Gasteiger partial charge in [0.2, 0.25) is 10.0 Å². The van der Waals surface area contributed by atoms with Crippen LogP contribution in [0.5, 0.6) is 5.75 Å². The van der Waals surface area contributed by atoms with Crippen molar-refractivity contribution in [2.75, 3.05) is 11.9 Å². The molecule has 0 radical (unpaired) electrons. The molecule has 0 bridgehead atoms. The van der Waals surface area contributed by atoms with Crippen LogP contribution in [0.3, 0.4) is 0 Å². The minimum Gasteiger partial charge on any atom is -0.486 e. The molecule has 14 heteroatoms. The number of halogens is 3. The molecule has 1 aromatic carbocycles. The molecule has 10 nitrogen and oxygen atoms in total. The van der Waals surface area contributed by atoms with E-state index in [4.69, 9.17) is 9.84 Å². The van der Waals surface area contributed by atoms with E-state index < -0.39 is 21.9 Å². The molecule has 0 atom stereocenters. The second-order valence-corrected chi connectivity index (χ2v) is 11.8. The van der Waals surface area contributed by atoms with Gasteiger partial charge < -0.3 is 10.1 Å². The molecule has 4 heterocycles. The normalized spacial score (nSPS) is 20.5. The lowest BCUT2D eigenvalue weighted by atomic mass is 9.93. The van der Waals surface area contributed by atoms with E-state index in [0.29, 0.717) is 49.3 Å². The minimum atomic E-state index is -4.56. The maximum atomic E-state index is 13.5. The Morgan fingerprint density at radius 1 is 1.15 bits per heavy atom. The van der Waals surface area contributed by atoms with Gasteiger partial charge in [-0.15, -0.1) is 0 Å². The molecular weight excluding hydrogens is 547 g/mol. The summed E-state index contributed by atoms with van der Waals surface area (Å²) in [6.45, 7) is 2.90. The van der Waals surface area contributed by atoms with Crippen LogP contribution < -0.4 is 14.8 Å². The third-order valence-electron chi connectivity index (χ3n) is 7.48. The van der Waals surface area contributed by atoms with Crippen LogP contribution in [-0.2, 0) is 29.8 Å². The van der Waals surface area contributed by atoms with Crippen LogP contribution >= 0.6 is 0 Å². The molecule has 1 fully saturated rings. The topological polar surface area (TPSA) is 116 Å². The number of hydrogen-bond acceptors (Lipinski definition) is 7. The summed E-state index contributed by atoms with van der Waals surface area (Å²) in [7, 11) is -2.23. The Labute approximate surface area is 228 Å². The Hall–Kier alpha value is -3.65. The second-order valence-electron chi connectivity index (χ2n) is 10.1. The van der Waals surface area contributed by atoms with Crippen molar-refractivity contribution in [2.24, 2.45) is 7.05 Å². The first-order valence-corrected chi connectivity index (χ1v) is 14.5. The lowest BCUT2D eigenvalue weighted by Gasteiger charge is -2.29. The highest BCUT2D eigenvalue weighted by atomic mass is 32.2. The molecule has 6 rings (SSSR count). The van der Waals surface area contributed by atoms with Crippen LogP contribution in [0.15, 0.2) is 41.6 Å². The third-order valence-corrected chi connectivity index (χ3v) is 8.98. The third kappa shape index (κ3) is 4.68. The average Bonchev–Trinajstić information content (AvgIpc) is 3.57. The van der Waals surface area contributed by atoms with Crippen molar-refractivity contribution in [3.8, 4) is 17.0 Å². The van der Waals surface area contributed by atoms with Gasteiger partial charge in [-0.05, 0) is 50.3 Å². The number of nitrogens with zero attached hydrogens (tertiary/aromatic N) is 5. The van der Waals surface area contributed by atoms with E-state index in [2.05, 4.69) is 20.1 Å². The van der Waals surface area contributed by atoms with Gasteiger partial charge in [-0.2, -0.15) is 23.4 Å². The van der Waals surface area contributed by atoms with Crippen LogP contribution in [0.25, 0.3) is 22.2 Å². The molecule has 40 heavy (non-hydrogen) atoms. The Kier molecular flexibility index (Phi) is 6.49. The molecule has 1 aliphatic carbocycles. The zero-order chi connectivity index (χ0) is 28.2. The molecule has 4 aromatic rings. The number of anilines is 1. The fraction of sp³-hybridized carbons (Fsp3) is 0.423. The Morgan fingerprint density at radius 2 is 1.93 bits per heavy atom. The fourth-order valence-corrected chi connectivity index (χ4v) is 6.82. The summed E-state index contributed by atoms with van der Waals surface area (Å²) >= 11 is 0. The summed E-state index contributed by atoms with van der Waals surface area (Å²) in [4.78, 5) is 4.80. The highest BCUT2D eigenvalue weighted by Crippen LogP contribution is 2.40. The van der Waals surface area contributed by atoms with Crippen LogP contribution in [0, 0.1) is 0 Å². The van der Waals surface area contributed by atoms with Crippen molar-refractivity contribution < 1.29 is 26.3 Å². The lowest BCUT2D eigenvalue weighted by molar-refractivity contribution is -0.145. The predicted octanol–water partition coefficient (Wildman–Crippen LogP) is 4.64. The molecule has 0 amide bonds. The van der Waals surface area contributed by atoms with E-state index in [-0.39, 0.29) is 29.3 Å². The standard InChI is InChI=1S/C26H28F3N7O3S/c1-3-30-23-11-20-19(13-31-23)24(15-4-9-22-16(10-15)12-33-40(22,37)38)34-36(20)17-5-7-18(8-6-17)39-21-14-32-35(2)25(21)26(27,28)29/h4,9-11,13-14,17-18,33H,3,5-8,12H2,1-2H3,(H,30,31). The number of pyridine rings is 1. The van der Waals surface area contributed by atoms with Gasteiger partial charge in [0, 0.05) is 43.4 Å². The first-order valence-electron chi connectivity index (χ1n) is 13.1. The van der Waals surface area contributed by atoms with Crippen LogP contribution in [0.4, 0.5) is 19.0 Å². The number of nitrogens with one attached hydrogen (secondary N) is 2. The molecule has 2 N–H and O–H groups in total. The molecule has 212 valence electrons. The van der Waals surface area contributed by atoms with Crippen LogP contribution in [0.1, 0.15) is 49.9 Å². The van der Waals surface area contributed by atoms with Gasteiger partial charge in [0.1, 0.15) is 11.5 Å². The first-order chi connectivity index (χ1) is 19.0. The molecule has 0 spiro atoms. The van der Waals surface area contributed by atoms with Gasteiger partial charge in [-0.1, -0.05) is 6.07 Å². The molecule has 2 aliphatic rings. The zero-order valence-electron chi connectivity index (χ0n) is 21.9. The SMILES string of the molecule is CCNc1cc2c(cn1)c(-c1ccc3c(c1)CNS3(=O)=O)nn2C1CCC(Oc2cnn(C)c2C(F)(F)F)CC1. The molecule has 1 saturated carbocycles. The van der Waals surface area contributed by atoms with Gasteiger partial charge >= 0.3 is 6.18 Å². The molecule has 1 aliphatic heterocycles. The molecule has 0 unspecified atom stereocenters. The number of alkyl halides is 3. The highest BCUT2D eigenvalue weighted by Gasteiger charge is 2.39. The number of aryl methyl sites for hydroxylation is 1. The minimum absolute atomic E-state index is 0.000401. The first kappa shape index (κ1) is 26.6.